The van der Waals surface area contributed by atoms with Gasteiger partial charge in [0, 0.05) is 4.88 Å². The van der Waals surface area contributed by atoms with Crippen LogP contribution in [-0.4, -0.2) is 27.4 Å². The van der Waals surface area contributed by atoms with Crippen molar-refractivity contribution in [3.05, 3.63) is 58.3 Å². The predicted octanol–water partition coefficient (Wildman–Crippen LogP) is 4.77. The van der Waals surface area contributed by atoms with E-state index in [2.05, 4.69) is 17.1 Å². The summed E-state index contributed by atoms with van der Waals surface area (Å²) in [5.41, 5.74) is 1.10. The third-order valence-corrected chi connectivity index (χ3v) is 5.94. The molecule has 0 N–H and O–H groups in total. The minimum Gasteiger partial charge on any atom is -0.284 e. The highest BCUT2D eigenvalue weighted by molar-refractivity contribution is 8.15. The number of amidine groups is 1. The molecule has 130 valence electrons. The van der Waals surface area contributed by atoms with Crippen molar-refractivity contribution in [2.75, 3.05) is 0 Å². The topological polar surface area (TPSA) is 45.0 Å². The summed E-state index contributed by atoms with van der Waals surface area (Å²) in [6, 6.07) is 14.0. The second-order valence-electron chi connectivity index (χ2n) is 5.80. The first-order valence-electron chi connectivity index (χ1n) is 8.44. The van der Waals surface area contributed by atoms with E-state index in [0.29, 0.717) is 11.7 Å². The number of amides is 1. The SMILES string of the molecule is CCCC[C@@H]1S/C(=N\N=C/c2cccs2)N(Cc2ccccc2)C1=O. The summed E-state index contributed by atoms with van der Waals surface area (Å²) in [7, 11) is 0. The molecule has 25 heavy (non-hydrogen) atoms. The van der Waals surface area contributed by atoms with Gasteiger partial charge in [-0.15, -0.1) is 16.4 Å². The molecule has 4 nitrogen and oxygen atoms in total. The lowest BCUT2D eigenvalue weighted by molar-refractivity contribution is -0.126. The van der Waals surface area contributed by atoms with Crippen LogP contribution in [-0.2, 0) is 11.3 Å². The zero-order chi connectivity index (χ0) is 17.5. The Morgan fingerprint density at radius 3 is 2.76 bits per heavy atom. The van der Waals surface area contributed by atoms with Crippen LogP contribution in [0.4, 0.5) is 0 Å². The molecule has 0 aliphatic carbocycles. The summed E-state index contributed by atoms with van der Waals surface area (Å²) < 4.78 is 0. The fourth-order valence-corrected chi connectivity index (χ4v) is 4.29. The van der Waals surface area contributed by atoms with E-state index >= 15 is 0 Å². The van der Waals surface area contributed by atoms with E-state index in [4.69, 9.17) is 0 Å². The fourth-order valence-electron chi connectivity index (χ4n) is 2.57. The summed E-state index contributed by atoms with van der Waals surface area (Å²) in [5, 5.41) is 11.2. The fraction of sp³-hybridized carbons (Fsp3) is 0.316. The van der Waals surface area contributed by atoms with Crippen LogP contribution in [0.3, 0.4) is 0 Å². The van der Waals surface area contributed by atoms with Gasteiger partial charge in [0.15, 0.2) is 5.17 Å². The molecule has 3 rings (SSSR count). The lowest BCUT2D eigenvalue weighted by Crippen LogP contribution is -2.31. The number of thioether (sulfide) groups is 1. The molecule has 1 saturated heterocycles. The van der Waals surface area contributed by atoms with Crippen LogP contribution in [0, 0.1) is 0 Å². The number of rotatable bonds is 7. The summed E-state index contributed by atoms with van der Waals surface area (Å²) in [6.45, 7) is 2.69. The van der Waals surface area contributed by atoms with Gasteiger partial charge < -0.3 is 0 Å². The van der Waals surface area contributed by atoms with E-state index in [9.17, 15) is 4.79 Å². The van der Waals surface area contributed by atoms with Crippen LogP contribution >= 0.6 is 23.1 Å². The molecule has 1 aromatic heterocycles. The normalized spacial score (nSPS) is 19.4. The third-order valence-electron chi connectivity index (χ3n) is 3.89. The first-order chi connectivity index (χ1) is 12.3. The van der Waals surface area contributed by atoms with Gasteiger partial charge >= 0.3 is 0 Å². The Morgan fingerprint density at radius 1 is 1.20 bits per heavy atom. The quantitative estimate of drug-likeness (QED) is 0.520. The monoisotopic (exact) mass is 371 g/mol. The summed E-state index contributed by atoms with van der Waals surface area (Å²) in [5.74, 6) is 0.146. The summed E-state index contributed by atoms with van der Waals surface area (Å²) >= 11 is 3.15. The van der Waals surface area contributed by atoms with Crippen molar-refractivity contribution in [2.45, 2.75) is 38.0 Å². The molecule has 1 fully saturated rings. The number of thiophene rings is 1. The molecule has 0 unspecified atom stereocenters. The molecule has 1 aliphatic rings. The smallest absolute Gasteiger partial charge is 0.242 e. The molecule has 0 bridgehead atoms. The standard InChI is InChI=1S/C19H21N3OS2/c1-2-3-11-17-18(23)22(14-15-8-5-4-6-9-15)19(25-17)21-20-13-16-10-7-12-24-16/h4-10,12-13,17H,2-3,11,14H2,1H3/b20-13-,21-19-/t17-/m0/s1. The molecular formula is C19H21N3OS2. The highest BCUT2D eigenvalue weighted by atomic mass is 32.2. The van der Waals surface area contributed by atoms with Crippen LogP contribution in [0.15, 0.2) is 58.0 Å². The third kappa shape index (κ3) is 4.80. The van der Waals surface area contributed by atoms with Gasteiger partial charge in [-0.3, -0.25) is 9.69 Å². The minimum absolute atomic E-state index is 0.0423. The van der Waals surface area contributed by atoms with Gasteiger partial charge in [-0.25, -0.2) is 0 Å². The maximum absolute atomic E-state index is 12.8. The molecule has 6 heteroatoms. The average molecular weight is 372 g/mol. The van der Waals surface area contributed by atoms with Crippen molar-refractivity contribution < 1.29 is 4.79 Å². The van der Waals surface area contributed by atoms with Gasteiger partial charge in [0.05, 0.1) is 18.0 Å². The maximum atomic E-state index is 12.8. The Morgan fingerprint density at radius 2 is 2.04 bits per heavy atom. The van der Waals surface area contributed by atoms with Crippen molar-refractivity contribution in [3.8, 4) is 0 Å². The van der Waals surface area contributed by atoms with Crippen molar-refractivity contribution in [2.24, 2.45) is 10.2 Å². The van der Waals surface area contributed by atoms with Gasteiger partial charge in [0.2, 0.25) is 5.91 Å². The highest BCUT2D eigenvalue weighted by Gasteiger charge is 2.37. The number of carbonyl (C=O) groups excluding carboxylic acids is 1. The summed E-state index contributed by atoms with van der Waals surface area (Å²) in [4.78, 5) is 15.6. The largest absolute Gasteiger partial charge is 0.284 e. The Kier molecular flexibility index (Phi) is 6.42. The number of benzene rings is 1. The van der Waals surface area contributed by atoms with Crippen molar-refractivity contribution >= 4 is 40.4 Å². The molecule has 2 aromatic rings. The van der Waals surface area contributed by atoms with Crippen LogP contribution in [0.2, 0.25) is 0 Å². The van der Waals surface area contributed by atoms with Crippen molar-refractivity contribution in [3.63, 3.8) is 0 Å². The molecule has 1 aliphatic heterocycles. The number of hydrogen-bond donors (Lipinski definition) is 0. The van der Waals surface area contributed by atoms with E-state index in [1.54, 1.807) is 22.5 Å². The van der Waals surface area contributed by atoms with E-state index in [1.165, 1.54) is 11.8 Å². The molecule has 1 amide bonds. The Hall–Kier alpha value is -1.92. The zero-order valence-corrected chi connectivity index (χ0v) is 15.8. The van der Waals surface area contributed by atoms with Gasteiger partial charge in [-0.2, -0.15) is 5.10 Å². The first-order valence-corrected chi connectivity index (χ1v) is 10.2. The van der Waals surface area contributed by atoms with Crippen LogP contribution < -0.4 is 0 Å². The molecule has 1 atom stereocenters. The maximum Gasteiger partial charge on any atom is 0.242 e. The second kappa shape index (κ2) is 8.97. The van der Waals surface area contributed by atoms with Gasteiger partial charge in [-0.1, -0.05) is 67.9 Å². The number of carbonyl (C=O) groups is 1. The van der Waals surface area contributed by atoms with Gasteiger partial charge in [0.25, 0.3) is 0 Å². The van der Waals surface area contributed by atoms with Gasteiger partial charge in [0.1, 0.15) is 0 Å². The molecular weight excluding hydrogens is 350 g/mol. The van der Waals surface area contributed by atoms with Crippen LogP contribution in [0.25, 0.3) is 0 Å². The Bertz CT molecular complexity index is 741. The second-order valence-corrected chi connectivity index (χ2v) is 7.95. The minimum atomic E-state index is -0.0423. The van der Waals surface area contributed by atoms with E-state index < -0.39 is 0 Å². The number of unbranched alkanes of at least 4 members (excludes halogenated alkanes) is 1. The van der Waals surface area contributed by atoms with E-state index in [0.717, 1.165) is 29.7 Å². The predicted molar refractivity (Wildman–Crippen MR) is 107 cm³/mol. The zero-order valence-electron chi connectivity index (χ0n) is 14.2. The van der Waals surface area contributed by atoms with Crippen LogP contribution in [0.1, 0.15) is 36.6 Å². The van der Waals surface area contributed by atoms with Crippen molar-refractivity contribution in [1.82, 2.24) is 4.90 Å². The average Bonchev–Trinajstić information content (AvgIpc) is 3.25. The number of nitrogens with zero attached hydrogens (tertiary/aromatic N) is 3. The summed E-state index contributed by atoms with van der Waals surface area (Å²) in [6.07, 6.45) is 4.77. The van der Waals surface area contributed by atoms with Crippen molar-refractivity contribution in [1.29, 1.82) is 0 Å². The molecule has 0 spiro atoms. The molecule has 0 radical (unpaired) electrons. The first kappa shape index (κ1) is 17.9. The van der Waals surface area contributed by atoms with Gasteiger partial charge in [-0.05, 0) is 23.4 Å². The van der Waals surface area contributed by atoms with Crippen LogP contribution in [0.5, 0.6) is 0 Å². The Labute approximate surface area is 156 Å². The molecule has 2 heterocycles. The van der Waals surface area contributed by atoms with E-state index in [1.807, 2.05) is 47.8 Å². The Balaban J connectivity index is 1.77. The van der Waals surface area contributed by atoms with E-state index in [-0.39, 0.29) is 11.2 Å². The highest BCUT2D eigenvalue weighted by Crippen LogP contribution is 2.32. The molecule has 0 saturated carbocycles. The lowest BCUT2D eigenvalue weighted by atomic mass is 10.1. The molecule has 1 aromatic carbocycles. The number of hydrogen-bond acceptors (Lipinski definition) is 5. The lowest BCUT2D eigenvalue weighted by Gasteiger charge is -2.15.